The zero-order chi connectivity index (χ0) is 14.3. The van der Waals surface area contributed by atoms with Crippen molar-refractivity contribution in [3.8, 4) is 6.07 Å². The first kappa shape index (κ1) is 12.4. The number of aromatic nitrogens is 1. The van der Waals surface area contributed by atoms with Crippen LogP contribution < -0.4 is 4.90 Å². The highest BCUT2D eigenvalue weighted by Crippen LogP contribution is 2.46. The summed E-state index contributed by atoms with van der Waals surface area (Å²) in [6.07, 6.45) is 4.78. The minimum Gasteiger partial charge on any atom is -0.366 e. The van der Waals surface area contributed by atoms with Gasteiger partial charge in [0.1, 0.15) is 5.41 Å². The largest absolute Gasteiger partial charge is 0.366 e. The van der Waals surface area contributed by atoms with E-state index in [1.807, 2.05) is 18.2 Å². The Balaban J connectivity index is 1.92. The van der Waals surface area contributed by atoms with Gasteiger partial charge in [-0.2, -0.15) is 5.26 Å². The van der Waals surface area contributed by atoms with Gasteiger partial charge in [-0.15, -0.1) is 0 Å². The molecule has 1 aromatic heterocycles. The Morgan fingerprint density at radius 2 is 2.05 bits per heavy atom. The third kappa shape index (κ3) is 1.69. The maximum atomic E-state index is 10.1. The van der Waals surface area contributed by atoms with Crippen LogP contribution in [0.25, 0.3) is 0 Å². The van der Waals surface area contributed by atoms with E-state index in [9.17, 15) is 5.26 Å². The molecule has 0 bridgehead atoms. The number of hydrogen-bond acceptors (Lipinski definition) is 3. The molecule has 1 fully saturated rings. The van der Waals surface area contributed by atoms with Gasteiger partial charge in [0.25, 0.3) is 0 Å². The topological polar surface area (TPSA) is 39.9 Å². The molecular formula is C18H17N3. The number of para-hydroxylation sites is 1. The average Bonchev–Trinajstić information content (AvgIpc) is 3.05. The van der Waals surface area contributed by atoms with Crippen molar-refractivity contribution in [3.63, 3.8) is 0 Å². The maximum absolute atomic E-state index is 10.1. The molecule has 0 spiro atoms. The molecular weight excluding hydrogens is 258 g/mol. The average molecular weight is 275 g/mol. The molecule has 2 aromatic rings. The van der Waals surface area contributed by atoms with E-state index in [-0.39, 0.29) is 6.04 Å². The molecule has 1 saturated heterocycles. The zero-order valence-corrected chi connectivity index (χ0v) is 11.9. The van der Waals surface area contributed by atoms with Crippen LogP contribution in [0.1, 0.15) is 24.1 Å². The van der Waals surface area contributed by atoms with E-state index in [1.165, 1.54) is 11.3 Å². The number of hydrogen-bond donors (Lipinski definition) is 0. The van der Waals surface area contributed by atoms with Gasteiger partial charge in [-0.05, 0) is 36.6 Å². The molecule has 2 aliphatic heterocycles. The normalized spacial score (nSPS) is 26.8. The van der Waals surface area contributed by atoms with Crippen LogP contribution in [0.3, 0.4) is 0 Å². The van der Waals surface area contributed by atoms with Crippen LogP contribution in [0.15, 0.2) is 48.7 Å². The van der Waals surface area contributed by atoms with Crippen molar-refractivity contribution in [2.45, 2.75) is 30.7 Å². The molecule has 104 valence electrons. The quantitative estimate of drug-likeness (QED) is 0.803. The molecule has 0 aliphatic carbocycles. The number of rotatable bonds is 1. The third-order valence-corrected chi connectivity index (χ3v) is 4.91. The van der Waals surface area contributed by atoms with Gasteiger partial charge in [-0.1, -0.05) is 24.3 Å². The lowest BCUT2D eigenvalue weighted by Crippen LogP contribution is -2.52. The van der Waals surface area contributed by atoms with E-state index in [0.717, 1.165) is 31.5 Å². The van der Waals surface area contributed by atoms with Gasteiger partial charge in [0.15, 0.2) is 0 Å². The number of fused-ring (bicyclic) bond motifs is 3. The summed E-state index contributed by atoms with van der Waals surface area (Å²) < 4.78 is 0. The van der Waals surface area contributed by atoms with E-state index in [2.05, 4.69) is 40.2 Å². The van der Waals surface area contributed by atoms with Gasteiger partial charge in [0.05, 0.1) is 17.8 Å². The monoisotopic (exact) mass is 275 g/mol. The Morgan fingerprint density at radius 1 is 1.19 bits per heavy atom. The number of nitrogens with zero attached hydrogens (tertiary/aromatic N) is 3. The molecule has 3 nitrogen and oxygen atoms in total. The van der Waals surface area contributed by atoms with E-state index in [1.54, 1.807) is 6.20 Å². The molecule has 0 saturated carbocycles. The predicted molar refractivity (Wildman–Crippen MR) is 82.0 cm³/mol. The molecule has 3 heteroatoms. The zero-order valence-electron chi connectivity index (χ0n) is 11.9. The van der Waals surface area contributed by atoms with Gasteiger partial charge in [-0.3, -0.25) is 4.98 Å². The van der Waals surface area contributed by atoms with Crippen molar-refractivity contribution in [1.29, 1.82) is 5.26 Å². The SMILES string of the molecule is N#C[C@@]1(c2ccccn2)Cc2ccccc2N2CCC[C@@H]21. The van der Waals surface area contributed by atoms with Crippen LogP contribution >= 0.6 is 0 Å². The smallest absolute Gasteiger partial charge is 0.123 e. The van der Waals surface area contributed by atoms with Crippen molar-refractivity contribution in [2.75, 3.05) is 11.4 Å². The summed E-state index contributed by atoms with van der Waals surface area (Å²) in [4.78, 5) is 6.96. The van der Waals surface area contributed by atoms with E-state index in [4.69, 9.17) is 0 Å². The first-order valence-corrected chi connectivity index (χ1v) is 7.52. The fourth-order valence-electron chi connectivity index (χ4n) is 3.99. The summed E-state index contributed by atoms with van der Waals surface area (Å²) in [6.45, 7) is 1.04. The van der Waals surface area contributed by atoms with Gasteiger partial charge >= 0.3 is 0 Å². The highest BCUT2D eigenvalue weighted by molar-refractivity contribution is 5.62. The molecule has 2 atom stereocenters. The molecule has 21 heavy (non-hydrogen) atoms. The molecule has 0 amide bonds. The van der Waals surface area contributed by atoms with Crippen LogP contribution in [0, 0.1) is 11.3 Å². The summed E-state index contributed by atoms with van der Waals surface area (Å²) in [6, 6.07) is 17.3. The second kappa shape index (κ2) is 4.60. The van der Waals surface area contributed by atoms with E-state index >= 15 is 0 Å². The van der Waals surface area contributed by atoms with Crippen molar-refractivity contribution in [1.82, 2.24) is 4.98 Å². The molecule has 0 N–H and O–H groups in total. The Labute approximate surface area is 124 Å². The third-order valence-electron chi connectivity index (χ3n) is 4.91. The van der Waals surface area contributed by atoms with Crippen LogP contribution in [0.4, 0.5) is 5.69 Å². The summed E-state index contributed by atoms with van der Waals surface area (Å²) in [5, 5.41) is 10.1. The van der Waals surface area contributed by atoms with Crippen molar-refractivity contribution in [2.24, 2.45) is 0 Å². The van der Waals surface area contributed by atoms with Gasteiger partial charge in [0, 0.05) is 24.8 Å². The second-order valence-electron chi connectivity index (χ2n) is 5.96. The number of nitriles is 1. The summed E-state index contributed by atoms with van der Waals surface area (Å²) in [7, 11) is 0. The van der Waals surface area contributed by atoms with Crippen molar-refractivity contribution in [3.05, 3.63) is 59.9 Å². The van der Waals surface area contributed by atoms with Crippen LogP contribution in [0.2, 0.25) is 0 Å². The second-order valence-corrected chi connectivity index (χ2v) is 5.96. The van der Waals surface area contributed by atoms with Crippen molar-refractivity contribution >= 4 is 5.69 Å². The first-order chi connectivity index (χ1) is 10.3. The molecule has 0 radical (unpaired) electrons. The van der Waals surface area contributed by atoms with Crippen LogP contribution in [0.5, 0.6) is 0 Å². The lowest BCUT2D eigenvalue weighted by Gasteiger charge is -2.44. The summed E-state index contributed by atoms with van der Waals surface area (Å²) in [5.74, 6) is 0. The standard InChI is InChI=1S/C18H17N3/c19-13-18(16-8-3-4-10-20-16)12-14-6-1-2-7-15(14)21-11-5-9-17(18)21/h1-4,6-8,10,17H,5,9,11-12H2/t17-,18-/m1/s1. The summed E-state index contributed by atoms with van der Waals surface area (Å²) >= 11 is 0. The molecule has 4 rings (SSSR count). The van der Waals surface area contributed by atoms with Gasteiger partial charge in [0.2, 0.25) is 0 Å². The molecule has 0 unspecified atom stereocenters. The minimum atomic E-state index is -0.522. The van der Waals surface area contributed by atoms with Crippen LogP contribution in [-0.4, -0.2) is 17.6 Å². The molecule has 3 heterocycles. The Hall–Kier alpha value is -2.34. The van der Waals surface area contributed by atoms with Gasteiger partial charge < -0.3 is 4.90 Å². The molecule has 2 aliphatic rings. The summed E-state index contributed by atoms with van der Waals surface area (Å²) in [5.41, 5.74) is 2.97. The Bertz CT molecular complexity index is 704. The van der Waals surface area contributed by atoms with E-state index in [0.29, 0.717) is 0 Å². The highest BCUT2D eigenvalue weighted by Gasteiger charge is 2.50. The number of benzene rings is 1. The van der Waals surface area contributed by atoms with E-state index < -0.39 is 5.41 Å². The number of anilines is 1. The highest BCUT2D eigenvalue weighted by atomic mass is 15.2. The minimum absolute atomic E-state index is 0.243. The Kier molecular flexibility index (Phi) is 2.71. The lowest BCUT2D eigenvalue weighted by atomic mass is 9.70. The molecule has 1 aromatic carbocycles. The maximum Gasteiger partial charge on any atom is 0.123 e. The fraction of sp³-hybridized carbons (Fsp3) is 0.333. The van der Waals surface area contributed by atoms with Gasteiger partial charge in [-0.25, -0.2) is 0 Å². The van der Waals surface area contributed by atoms with Crippen LogP contribution in [-0.2, 0) is 11.8 Å². The predicted octanol–water partition coefficient (Wildman–Crippen LogP) is 3.07. The van der Waals surface area contributed by atoms with Crippen molar-refractivity contribution < 1.29 is 0 Å². The fourth-order valence-corrected chi connectivity index (χ4v) is 3.99. The first-order valence-electron chi connectivity index (χ1n) is 7.52. The Morgan fingerprint density at radius 3 is 2.86 bits per heavy atom. The number of pyridine rings is 1. The lowest BCUT2D eigenvalue weighted by molar-refractivity contribution is 0.401.